The standard InChI is InChI=1S/C10H14O4/c1-14-10-3-2-6(8(11)5-10)7(4-10)9(12)13/h6-7H,2-5H2,1H3,(H,12,13). The quantitative estimate of drug-likeness (QED) is 0.714. The van der Waals surface area contributed by atoms with E-state index in [0.29, 0.717) is 19.3 Å². The average Bonchev–Trinajstić information content (AvgIpc) is 2.18. The van der Waals surface area contributed by atoms with Crippen LogP contribution in [-0.4, -0.2) is 29.6 Å². The highest BCUT2D eigenvalue weighted by atomic mass is 16.5. The molecule has 3 aliphatic carbocycles. The van der Waals surface area contributed by atoms with E-state index in [-0.39, 0.29) is 11.7 Å². The number of ketones is 1. The smallest absolute Gasteiger partial charge is 0.307 e. The van der Waals surface area contributed by atoms with Crippen LogP contribution in [0.15, 0.2) is 0 Å². The Labute approximate surface area is 82.2 Å². The summed E-state index contributed by atoms with van der Waals surface area (Å²) in [5.74, 6) is -1.57. The van der Waals surface area contributed by atoms with Crippen LogP contribution in [0, 0.1) is 11.8 Å². The molecule has 0 radical (unpaired) electrons. The summed E-state index contributed by atoms with van der Waals surface area (Å²) >= 11 is 0. The number of aliphatic carboxylic acids is 1. The van der Waals surface area contributed by atoms with E-state index < -0.39 is 17.5 Å². The van der Waals surface area contributed by atoms with Gasteiger partial charge in [0.05, 0.1) is 11.5 Å². The molecule has 4 heteroatoms. The monoisotopic (exact) mass is 198 g/mol. The zero-order chi connectivity index (χ0) is 10.3. The number of rotatable bonds is 2. The lowest BCUT2D eigenvalue weighted by Crippen LogP contribution is -2.53. The van der Waals surface area contributed by atoms with Gasteiger partial charge in [0.25, 0.3) is 0 Å². The summed E-state index contributed by atoms with van der Waals surface area (Å²) in [5, 5.41) is 8.98. The summed E-state index contributed by atoms with van der Waals surface area (Å²) in [6, 6.07) is 0. The van der Waals surface area contributed by atoms with Crippen molar-refractivity contribution < 1.29 is 19.4 Å². The number of ether oxygens (including phenoxy) is 1. The molecule has 0 aromatic carbocycles. The number of hydrogen-bond acceptors (Lipinski definition) is 3. The summed E-state index contributed by atoms with van der Waals surface area (Å²) in [5.41, 5.74) is -0.477. The van der Waals surface area contributed by atoms with Crippen LogP contribution >= 0.6 is 0 Å². The second kappa shape index (κ2) is 3.05. The summed E-state index contributed by atoms with van der Waals surface area (Å²) < 4.78 is 5.33. The van der Waals surface area contributed by atoms with Gasteiger partial charge in [-0.1, -0.05) is 0 Å². The van der Waals surface area contributed by atoms with Crippen LogP contribution in [0.5, 0.6) is 0 Å². The molecule has 3 unspecified atom stereocenters. The Hall–Kier alpha value is -0.900. The molecule has 3 rings (SSSR count). The van der Waals surface area contributed by atoms with Crippen LogP contribution in [0.25, 0.3) is 0 Å². The minimum absolute atomic E-state index is 0.0664. The maximum absolute atomic E-state index is 11.6. The fraction of sp³-hybridized carbons (Fsp3) is 0.800. The fourth-order valence-electron chi connectivity index (χ4n) is 2.78. The molecule has 4 nitrogen and oxygen atoms in total. The van der Waals surface area contributed by atoms with Crippen LogP contribution in [-0.2, 0) is 14.3 Å². The molecule has 78 valence electrons. The third-order valence-electron chi connectivity index (χ3n) is 3.65. The Kier molecular flexibility index (Phi) is 2.10. The maximum Gasteiger partial charge on any atom is 0.307 e. The molecule has 14 heavy (non-hydrogen) atoms. The van der Waals surface area contributed by atoms with Crippen molar-refractivity contribution in [3.63, 3.8) is 0 Å². The van der Waals surface area contributed by atoms with Crippen molar-refractivity contribution in [2.24, 2.45) is 11.8 Å². The third-order valence-corrected chi connectivity index (χ3v) is 3.65. The lowest BCUT2D eigenvalue weighted by molar-refractivity contribution is -0.169. The van der Waals surface area contributed by atoms with Crippen LogP contribution in [0.1, 0.15) is 25.7 Å². The SMILES string of the molecule is COC12CCC(C(=O)C1)C(C(=O)O)C2. The van der Waals surface area contributed by atoms with Gasteiger partial charge in [-0.2, -0.15) is 0 Å². The first-order valence-corrected chi connectivity index (χ1v) is 4.89. The molecular weight excluding hydrogens is 184 g/mol. The number of carboxylic acid groups (broad SMARTS) is 1. The molecule has 3 fully saturated rings. The van der Waals surface area contributed by atoms with E-state index in [1.165, 1.54) is 0 Å². The van der Waals surface area contributed by atoms with Crippen LogP contribution in [0.4, 0.5) is 0 Å². The molecular formula is C10H14O4. The first-order valence-electron chi connectivity index (χ1n) is 4.89. The van der Waals surface area contributed by atoms with Crippen molar-refractivity contribution in [2.75, 3.05) is 7.11 Å². The van der Waals surface area contributed by atoms with Gasteiger partial charge in [-0.15, -0.1) is 0 Å². The van der Waals surface area contributed by atoms with Gasteiger partial charge in [-0.25, -0.2) is 0 Å². The summed E-state index contributed by atoms with van der Waals surface area (Å²) in [4.78, 5) is 22.5. The molecule has 0 amide bonds. The lowest BCUT2D eigenvalue weighted by atomic mass is 9.61. The minimum atomic E-state index is -0.857. The summed E-state index contributed by atoms with van der Waals surface area (Å²) in [7, 11) is 1.57. The largest absolute Gasteiger partial charge is 0.481 e. The van der Waals surface area contributed by atoms with Gasteiger partial charge >= 0.3 is 5.97 Å². The van der Waals surface area contributed by atoms with Gasteiger partial charge in [0.15, 0.2) is 0 Å². The van der Waals surface area contributed by atoms with E-state index in [4.69, 9.17) is 9.84 Å². The van der Waals surface area contributed by atoms with Crippen molar-refractivity contribution in [3.8, 4) is 0 Å². The van der Waals surface area contributed by atoms with E-state index in [2.05, 4.69) is 0 Å². The predicted octanol–water partition coefficient (Wildman–Crippen LogP) is 0.845. The first-order chi connectivity index (χ1) is 6.58. The predicted molar refractivity (Wildman–Crippen MR) is 47.8 cm³/mol. The van der Waals surface area contributed by atoms with E-state index >= 15 is 0 Å². The Bertz CT molecular complexity index is 286. The van der Waals surface area contributed by atoms with Crippen molar-refractivity contribution in [2.45, 2.75) is 31.3 Å². The highest BCUT2D eigenvalue weighted by Crippen LogP contribution is 2.47. The van der Waals surface area contributed by atoms with E-state index in [0.717, 1.165) is 6.42 Å². The fourth-order valence-corrected chi connectivity index (χ4v) is 2.78. The molecule has 2 bridgehead atoms. The number of methoxy groups -OCH3 is 1. The van der Waals surface area contributed by atoms with Gasteiger partial charge in [0, 0.05) is 19.4 Å². The van der Waals surface area contributed by atoms with Gasteiger partial charge in [0.1, 0.15) is 5.78 Å². The van der Waals surface area contributed by atoms with Gasteiger partial charge in [0.2, 0.25) is 0 Å². The number of hydrogen-bond donors (Lipinski definition) is 1. The molecule has 0 heterocycles. The minimum Gasteiger partial charge on any atom is -0.481 e. The molecule has 0 aromatic heterocycles. The lowest BCUT2D eigenvalue weighted by Gasteiger charge is -2.47. The maximum atomic E-state index is 11.6. The third kappa shape index (κ3) is 1.25. The molecule has 0 spiro atoms. The Balaban J connectivity index is 2.27. The Morgan fingerprint density at radius 1 is 1.64 bits per heavy atom. The number of carbonyl (C=O) groups is 2. The van der Waals surface area contributed by atoms with E-state index in [9.17, 15) is 9.59 Å². The highest BCUT2D eigenvalue weighted by molar-refractivity contribution is 5.89. The molecule has 3 atom stereocenters. The Morgan fingerprint density at radius 2 is 2.36 bits per heavy atom. The zero-order valence-electron chi connectivity index (χ0n) is 8.16. The second-order valence-corrected chi connectivity index (χ2v) is 4.32. The molecule has 0 aromatic rings. The second-order valence-electron chi connectivity index (χ2n) is 4.32. The van der Waals surface area contributed by atoms with Crippen molar-refractivity contribution >= 4 is 11.8 Å². The van der Waals surface area contributed by atoms with Crippen molar-refractivity contribution in [3.05, 3.63) is 0 Å². The molecule has 0 aliphatic heterocycles. The normalized spacial score (nSPS) is 41.4. The summed E-state index contributed by atoms with van der Waals surface area (Å²) in [6.45, 7) is 0. The number of carbonyl (C=O) groups excluding carboxylic acids is 1. The first kappa shape index (κ1) is 9.65. The highest BCUT2D eigenvalue weighted by Gasteiger charge is 2.53. The van der Waals surface area contributed by atoms with Crippen LogP contribution in [0.2, 0.25) is 0 Å². The van der Waals surface area contributed by atoms with Crippen LogP contribution in [0.3, 0.4) is 0 Å². The Morgan fingerprint density at radius 3 is 2.86 bits per heavy atom. The van der Waals surface area contributed by atoms with Gasteiger partial charge in [-0.3, -0.25) is 9.59 Å². The molecule has 0 saturated heterocycles. The van der Waals surface area contributed by atoms with E-state index in [1.807, 2.05) is 0 Å². The number of Topliss-reactive ketones (excluding diaryl/α,β-unsaturated/α-hetero) is 1. The average molecular weight is 198 g/mol. The van der Waals surface area contributed by atoms with E-state index in [1.54, 1.807) is 7.11 Å². The zero-order valence-corrected chi connectivity index (χ0v) is 8.16. The van der Waals surface area contributed by atoms with Gasteiger partial charge in [-0.05, 0) is 19.3 Å². The number of fused-ring (bicyclic) bond motifs is 3. The van der Waals surface area contributed by atoms with Crippen LogP contribution < -0.4 is 0 Å². The molecule has 3 aliphatic rings. The number of carboxylic acids is 1. The molecule has 1 N–H and O–H groups in total. The van der Waals surface area contributed by atoms with Crippen molar-refractivity contribution in [1.29, 1.82) is 0 Å². The molecule has 3 saturated carbocycles. The summed E-state index contributed by atoms with van der Waals surface area (Å²) in [6.07, 6.45) is 2.39. The topological polar surface area (TPSA) is 63.6 Å². The van der Waals surface area contributed by atoms with Crippen molar-refractivity contribution in [1.82, 2.24) is 0 Å². The van der Waals surface area contributed by atoms with Gasteiger partial charge < -0.3 is 9.84 Å².